The van der Waals surface area contributed by atoms with Crippen molar-refractivity contribution in [3.05, 3.63) is 118 Å². The molecule has 4 rings (SSSR count). The topological polar surface area (TPSA) is 55.6 Å². The number of halogens is 2. The standard InChI is InChI=1S/C28H25ClFN3O2/c1-19-15-23(17-31-32-28(34)16-21-7-9-24(30)10-8-21)20(2)33(19)25-11-13-26(14-12-25)35-18-22-5-3-4-6-27(22)29/h3-15,17H,16,18H2,1-2H3,(H,32,34)/b31-17+. The van der Waals surface area contributed by atoms with Gasteiger partial charge in [0.1, 0.15) is 18.2 Å². The Hall–Kier alpha value is -3.90. The average molecular weight is 490 g/mol. The third kappa shape index (κ3) is 6.16. The molecule has 1 amide bonds. The maximum Gasteiger partial charge on any atom is 0.244 e. The van der Waals surface area contributed by atoms with Crippen LogP contribution in [-0.4, -0.2) is 16.7 Å². The van der Waals surface area contributed by atoms with Crippen LogP contribution in [0.1, 0.15) is 28.1 Å². The number of hydrazone groups is 1. The van der Waals surface area contributed by atoms with Crippen molar-refractivity contribution in [2.45, 2.75) is 26.9 Å². The molecular weight excluding hydrogens is 465 g/mol. The van der Waals surface area contributed by atoms with Crippen LogP contribution in [0.2, 0.25) is 5.02 Å². The summed E-state index contributed by atoms with van der Waals surface area (Å²) < 4.78 is 21.0. The lowest BCUT2D eigenvalue weighted by Crippen LogP contribution is -2.19. The Bertz CT molecular complexity index is 1350. The van der Waals surface area contributed by atoms with Crippen LogP contribution in [0, 0.1) is 19.7 Å². The Labute approximate surface area is 208 Å². The van der Waals surface area contributed by atoms with Crippen LogP contribution < -0.4 is 10.2 Å². The summed E-state index contributed by atoms with van der Waals surface area (Å²) in [6.07, 6.45) is 1.75. The molecule has 0 bridgehead atoms. The van der Waals surface area contributed by atoms with E-state index in [-0.39, 0.29) is 18.1 Å². The predicted octanol–water partition coefficient (Wildman–Crippen LogP) is 6.16. The van der Waals surface area contributed by atoms with Gasteiger partial charge in [-0.3, -0.25) is 4.79 Å². The van der Waals surface area contributed by atoms with Crippen LogP contribution >= 0.6 is 11.6 Å². The molecule has 1 N–H and O–H groups in total. The lowest BCUT2D eigenvalue weighted by molar-refractivity contribution is -0.120. The number of nitrogens with zero attached hydrogens (tertiary/aromatic N) is 2. The summed E-state index contributed by atoms with van der Waals surface area (Å²) in [7, 11) is 0. The van der Waals surface area contributed by atoms with E-state index in [9.17, 15) is 9.18 Å². The minimum absolute atomic E-state index is 0.127. The van der Waals surface area contributed by atoms with Crippen molar-refractivity contribution >= 4 is 23.7 Å². The molecule has 0 fully saturated rings. The quantitative estimate of drug-likeness (QED) is 0.238. The van der Waals surface area contributed by atoms with Gasteiger partial charge < -0.3 is 9.30 Å². The number of benzene rings is 3. The van der Waals surface area contributed by atoms with Gasteiger partial charge in [-0.2, -0.15) is 5.10 Å². The number of amides is 1. The van der Waals surface area contributed by atoms with Crippen molar-refractivity contribution in [2.75, 3.05) is 0 Å². The third-order valence-corrected chi connectivity index (χ3v) is 5.96. The number of aryl methyl sites for hydroxylation is 1. The predicted molar refractivity (Wildman–Crippen MR) is 137 cm³/mol. The van der Waals surface area contributed by atoms with Crippen molar-refractivity contribution in [3.63, 3.8) is 0 Å². The highest BCUT2D eigenvalue weighted by Crippen LogP contribution is 2.23. The number of nitrogens with one attached hydrogen (secondary N) is 1. The Morgan fingerprint density at radius 3 is 2.49 bits per heavy atom. The molecule has 0 atom stereocenters. The van der Waals surface area contributed by atoms with E-state index >= 15 is 0 Å². The minimum atomic E-state index is -0.332. The van der Waals surface area contributed by atoms with Gasteiger partial charge in [0.25, 0.3) is 0 Å². The van der Waals surface area contributed by atoms with Crippen molar-refractivity contribution in [1.82, 2.24) is 9.99 Å². The van der Waals surface area contributed by atoms with Crippen LogP contribution in [0.3, 0.4) is 0 Å². The number of carbonyl (C=O) groups is 1. The van der Waals surface area contributed by atoms with Crippen molar-refractivity contribution in [2.24, 2.45) is 5.10 Å². The molecule has 4 aromatic rings. The summed E-state index contributed by atoms with van der Waals surface area (Å²) in [5.74, 6) is 0.151. The molecule has 7 heteroatoms. The summed E-state index contributed by atoms with van der Waals surface area (Å²) in [5.41, 5.74) is 8.09. The highest BCUT2D eigenvalue weighted by Gasteiger charge is 2.10. The van der Waals surface area contributed by atoms with E-state index < -0.39 is 0 Å². The maximum atomic E-state index is 13.0. The first-order valence-electron chi connectivity index (χ1n) is 11.1. The zero-order chi connectivity index (χ0) is 24.8. The van der Waals surface area contributed by atoms with E-state index in [0.29, 0.717) is 11.6 Å². The number of ether oxygens (including phenoxy) is 1. The second-order valence-electron chi connectivity index (χ2n) is 8.13. The lowest BCUT2D eigenvalue weighted by Gasteiger charge is -2.12. The Kier molecular flexibility index (Phi) is 7.63. The van der Waals surface area contributed by atoms with E-state index in [2.05, 4.69) is 15.1 Å². The monoisotopic (exact) mass is 489 g/mol. The molecule has 0 aliphatic carbocycles. The van der Waals surface area contributed by atoms with Gasteiger partial charge in [-0.15, -0.1) is 0 Å². The lowest BCUT2D eigenvalue weighted by atomic mass is 10.1. The third-order valence-electron chi connectivity index (χ3n) is 5.59. The van der Waals surface area contributed by atoms with Gasteiger partial charge in [0.15, 0.2) is 0 Å². The Morgan fingerprint density at radius 1 is 1.06 bits per heavy atom. The minimum Gasteiger partial charge on any atom is -0.489 e. The van der Waals surface area contributed by atoms with Crippen LogP contribution in [0.25, 0.3) is 5.69 Å². The van der Waals surface area contributed by atoms with Gasteiger partial charge in [0.05, 0.1) is 12.6 Å². The molecule has 1 heterocycles. The molecule has 0 spiro atoms. The molecular formula is C28H25ClFN3O2. The number of hydrogen-bond acceptors (Lipinski definition) is 3. The van der Waals surface area contributed by atoms with Crippen LogP contribution in [0.15, 0.2) is 84.0 Å². The molecule has 178 valence electrons. The molecule has 0 unspecified atom stereocenters. The number of carbonyl (C=O) groups excluding carboxylic acids is 1. The summed E-state index contributed by atoms with van der Waals surface area (Å²) in [5, 5.41) is 4.78. The highest BCUT2D eigenvalue weighted by atomic mass is 35.5. The second kappa shape index (κ2) is 11.0. The first-order chi connectivity index (χ1) is 16.9. The molecule has 5 nitrogen and oxygen atoms in total. The van der Waals surface area contributed by atoms with E-state index in [1.165, 1.54) is 12.1 Å². The molecule has 35 heavy (non-hydrogen) atoms. The van der Waals surface area contributed by atoms with Crippen LogP contribution in [-0.2, 0) is 17.8 Å². The van der Waals surface area contributed by atoms with Gasteiger partial charge in [-0.1, -0.05) is 41.9 Å². The Balaban J connectivity index is 1.39. The zero-order valence-corrected chi connectivity index (χ0v) is 20.2. The summed E-state index contributed by atoms with van der Waals surface area (Å²) in [6, 6.07) is 23.3. The maximum absolute atomic E-state index is 13.0. The van der Waals surface area contributed by atoms with Crippen LogP contribution in [0.4, 0.5) is 4.39 Å². The van der Waals surface area contributed by atoms with Crippen molar-refractivity contribution < 1.29 is 13.9 Å². The fraction of sp³-hybridized carbons (Fsp3) is 0.143. The largest absolute Gasteiger partial charge is 0.489 e. The van der Waals surface area contributed by atoms with Gasteiger partial charge in [-0.05, 0) is 67.9 Å². The normalized spacial score (nSPS) is 11.1. The highest BCUT2D eigenvalue weighted by molar-refractivity contribution is 6.31. The number of hydrogen-bond donors (Lipinski definition) is 1. The second-order valence-corrected chi connectivity index (χ2v) is 8.54. The molecule has 1 aromatic heterocycles. The first kappa shape index (κ1) is 24.2. The van der Waals surface area contributed by atoms with E-state index in [4.69, 9.17) is 16.3 Å². The fourth-order valence-electron chi connectivity index (χ4n) is 3.78. The SMILES string of the molecule is Cc1cc(/C=N/NC(=O)Cc2ccc(F)cc2)c(C)n1-c1ccc(OCc2ccccc2Cl)cc1. The first-order valence-corrected chi connectivity index (χ1v) is 11.5. The molecule has 0 aliphatic rings. The van der Waals surface area contributed by atoms with Crippen molar-refractivity contribution in [1.29, 1.82) is 0 Å². The molecule has 0 radical (unpaired) electrons. The summed E-state index contributed by atoms with van der Waals surface area (Å²) in [6.45, 7) is 4.41. The smallest absolute Gasteiger partial charge is 0.244 e. The van der Waals surface area contributed by atoms with Gasteiger partial charge in [0.2, 0.25) is 5.91 Å². The number of rotatable bonds is 8. The van der Waals surface area contributed by atoms with Gasteiger partial charge in [-0.25, -0.2) is 9.82 Å². The fourth-order valence-corrected chi connectivity index (χ4v) is 3.97. The molecule has 0 saturated carbocycles. The van der Waals surface area contributed by atoms with E-state index in [1.54, 1.807) is 18.3 Å². The molecule has 0 saturated heterocycles. The van der Waals surface area contributed by atoms with E-state index in [1.807, 2.05) is 68.4 Å². The Morgan fingerprint density at radius 2 is 1.77 bits per heavy atom. The van der Waals surface area contributed by atoms with Gasteiger partial charge >= 0.3 is 0 Å². The molecule has 3 aromatic carbocycles. The summed E-state index contributed by atoms with van der Waals surface area (Å²) in [4.78, 5) is 12.1. The molecule has 0 aliphatic heterocycles. The zero-order valence-electron chi connectivity index (χ0n) is 19.5. The van der Waals surface area contributed by atoms with E-state index in [0.717, 1.165) is 39.5 Å². The average Bonchev–Trinajstić information content (AvgIpc) is 3.13. The number of aromatic nitrogens is 1. The van der Waals surface area contributed by atoms with Crippen LogP contribution in [0.5, 0.6) is 5.75 Å². The van der Waals surface area contributed by atoms with Crippen molar-refractivity contribution in [3.8, 4) is 11.4 Å². The summed E-state index contributed by atoms with van der Waals surface area (Å²) >= 11 is 6.20. The van der Waals surface area contributed by atoms with Gasteiger partial charge in [0, 0.05) is 33.2 Å².